The maximum Gasteiger partial charge on any atom is 0.308 e. The lowest BCUT2D eigenvalue weighted by atomic mass is 10.1. The van der Waals surface area contributed by atoms with Crippen molar-refractivity contribution in [3.8, 4) is 5.75 Å². The second-order valence-electron chi connectivity index (χ2n) is 4.73. The van der Waals surface area contributed by atoms with Crippen LogP contribution in [-0.2, 0) is 11.3 Å². The van der Waals surface area contributed by atoms with Gasteiger partial charge in [0, 0.05) is 31.4 Å². The molecule has 1 heterocycles. The maximum atomic E-state index is 12.1. The lowest BCUT2D eigenvalue weighted by Gasteiger charge is -2.08. The molecule has 0 fully saturated rings. The summed E-state index contributed by atoms with van der Waals surface area (Å²) in [5.74, 6) is -0.291. The van der Waals surface area contributed by atoms with Crippen LogP contribution in [0.4, 0.5) is 5.69 Å². The van der Waals surface area contributed by atoms with Crippen LogP contribution in [0.15, 0.2) is 42.7 Å². The quantitative estimate of drug-likeness (QED) is 0.364. The number of carbonyl (C=O) groups is 2. The number of ketones is 1. The predicted molar refractivity (Wildman–Crippen MR) is 82.4 cm³/mol. The number of esters is 1. The Morgan fingerprint density at radius 2 is 2.14 bits per heavy atom. The van der Waals surface area contributed by atoms with Crippen LogP contribution in [0.2, 0.25) is 0 Å². The molecule has 22 heavy (non-hydrogen) atoms. The Morgan fingerprint density at radius 3 is 2.77 bits per heavy atom. The summed E-state index contributed by atoms with van der Waals surface area (Å²) in [5.41, 5.74) is 7.49. The summed E-state index contributed by atoms with van der Waals surface area (Å²) in [6.07, 6.45) is 3.44. The van der Waals surface area contributed by atoms with Crippen LogP contribution in [0.25, 0.3) is 0 Å². The van der Waals surface area contributed by atoms with E-state index in [4.69, 9.17) is 10.5 Å². The molecule has 0 aliphatic heterocycles. The first-order valence-electron chi connectivity index (χ1n) is 6.77. The van der Waals surface area contributed by atoms with Crippen LogP contribution in [0.5, 0.6) is 5.75 Å². The smallest absolute Gasteiger partial charge is 0.308 e. The van der Waals surface area contributed by atoms with E-state index in [2.05, 4.69) is 10.3 Å². The van der Waals surface area contributed by atoms with Crippen molar-refractivity contribution in [1.29, 1.82) is 0 Å². The van der Waals surface area contributed by atoms with Crippen molar-refractivity contribution in [3.63, 3.8) is 0 Å². The summed E-state index contributed by atoms with van der Waals surface area (Å²) >= 11 is 0. The van der Waals surface area contributed by atoms with E-state index in [1.165, 1.54) is 19.1 Å². The number of carbonyl (C=O) groups excluding carboxylic acids is 2. The molecule has 2 aromatic rings. The lowest BCUT2D eigenvalue weighted by molar-refractivity contribution is -0.131. The van der Waals surface area contributed by atoms with Crippen LogP contribution >= 0.6 is 0 Å². The van der Waals surface area contributed by atoms with Crippen LogP contribution < -0.4 is 15.8 Å². The second-order valence-corrected chi connectivity index (χ2v) is 4.73. The number of nitrogens with one attached hydrogen (secondary N) is 1. The Morgan fingerprint density at radius 1 is 1.32 bits per heavy atom. The standard InChI is InChI=1S/C16H17N3O3/c1-11(20)22-16-5-4-13(7-14(16)17)15(21)10-19-9-12-3-2-6-18-8-12/h2-8,19H,9-10,17H2,1H3. The Bertz CT molecular complexity index is 672. The van der Waals surface area contributed by atoms with Crippen molar-refractivity contribution in [2.45, 2.75) is 13.5 Å². The zero-order chi connectivity index (χ0) is 15.9. The molecule has 0 aliphatic rings. The van der Waals surface area contributed by atoms with Gasteiger partial charge < -0.3 is 15.8 Å². The molecular formula is C16H17N3O3. The van der Waals surface area contributed by atoms with E-state index in [1.807, 2.05) is 12.1 Å². The fourth-order valence-corrected chi connectivity index (χ4v) is 1.89. The minimum Gasteiger partial charge on any atom is -0.425 e. The summed E-state index contributed by atoms with van der Waals surface area (Å²) in [5, 5.41) is 3.05. The van der Waals surface area contributed by atoms with Gasteiger partial charge in [0.2, 0.25) is 0 Å². The molecule has 2 rings (SSSR count). The monoisotopic (exact) mass is 299 g/mol. The van der Waals surface area contributed by atoms with Crippen molar-refractivity contribution >= 4 is 17.4 Å². The molecule has 6 heteroatoms. The predicted octanol–water partition coefficient (Wildman–Crippen LogP) is 1.56. The third kappa shape index (κ3) is 4.39. The van der Waals surface area contributed by atoms with Gasteiger partial charge in [-0.2, -0.15) is 0 Å². The number of rotatable bonds is 6. The van der Waals surface area contributed by atoms with Gasteiger partial charge in [-0.25, -0.2) is 0 Å². The fourth-order valence-electron chi connectivity index (χ4n) is 1.89. The van der Waals surface area contributed by atoms with Gasteiger partial charge in [-0.1, -0.05) is 6.07 Å². The molecule has 0 amide bonds. The molecular weight excluding hydrogens is 282 g/mol. The van der Waals surface area contributed by atoms with Crippen LogP contribution in [0.3, 0.4) is 0 Å². The van der Waals surface area contributed by atoms with E-state index in [1.54, 1.807) is 18.5 Å². The largest absolute Gasteiger partial charge is 0.425 e. The zero-order valence-corrected chi connectivity index (χ0v) is 12.2. The van der Waals surface area contributed by atoms with Crippen LogP contribution in [0, 0.1) is 0 Å². The number of nitrogen functional groups attached to an aromatic ring is 1. The van der Waals surface area contributed by atoms with Crippen LogP contribution in [0.1, 0.15) is 22.8 Å². The highest BCUT2D eigenvalue weighted by atomic mass is 16.5. The summed E-state index contributed by atoms with van der Waals surface area (Å²) < 4.78 is 4.92. The number of anilines is 1. The molecule has 0 saturated heterocycles. The second kappa shape index (κ2) is 7.33. The van der Waals surface area contributed by atoms with Crippen LogP contribution in [-0.4, -0.2) is 23.3 Å². The van der Waals surface area contributed by atoms with Gasteiger partial charge in [-0.3, -0.25) is 14.6 Å². The van der Waals surface area contributed by atoms with E-state index in [9.17, 15) is 9.59 Å². The van der Waals surface area contributed by atoms with Crippen molar-refractivity contribution in [2.24, 2.45) is 0 Å². The van der Waals surface area contributed by atoms with Gasteiger partial charge in [0.25, 0.3) is 0 Å². The highest BCUT2D eigenvalue weighted by Crippen LogP contribution is 2.22. The Hall–Kier alpha value is -2.73. The highest BCUT2D eigenvalue weighted by Gasteiger charge is 2.10. The minimum atomic E-state index is -0.455. The average Bonchev–Trinajstić information content (AvgIpc) is 2.50. The third-order valence-electron chi connectivity index (χ3n) is 2.92. The van der Waals surface area contributed by atoms with E-state index >= 15 is 0 Å². The number of hydrogen-bond acceptors (Lipinski definition) is 6. The number of nitrogens with two attached hydrogens (primary N) is 1. The summed E-state index contributed by atoms with van der Waals surface area (Å²) in [6, 6.07) is 8.38. The molecule has 114 valence electrons. The molecule has 6 nitrogen and oxygen atoms in total. The molecule has 0 spiro atoms. The minimum absolute atomic E-state index is 0.0926. The Labute approximate surface area is 128 Å². The number of hydrogen-bond donors (Lipinski definition) is 2. The Balaban J connectivity index is 1.92. The van der Waals surface area contributed by atoms with Crippen molar-refractivity contribution in [2.75, 3.05) is 12.3 Å². The van der Waals surface area contributed by atoms with E-state index in [-0.39, 0.29) is 23.8 Å². The molecule has 0 atom stereocenters. The zero-order valence-electron chi connectivity index (χ0n) is 12.2. The van der Waals surface area contributed by atoms with Gasteiger partial charge in [-0.05, 0) is 29.8 Å². The first-order valence-corrected chi connectivity index (χ1v) is 6.77. The number of pyridine rings is 1. The normalized spacial score (nSPS) is 10.2. The van der Waals surface area contributed by atoms with E-state index < -0.39 is 5.97 Å². The fraction of sp³-hybridized carbons (Fsp3) is 0.188. The molecule has 0 aliphatic carbocycles. The molecule has 0 saturated carbocycles. The number of nitrogens with zero attached hydrogens (tertiary/aromatic N) is 1. The van der Waals surface area contributed by atoms with E-state index in [0.29, 0.717) is 12.1 Å². The number of ether oxygens (including phenoxy) is 1. The third-order valence-corrected chi connectivity index (χ3v) is 2.92. The topological polar surface area (TPSA) is 94.3 Å². The first-order chi connectivity index (χ1) is 10.6. The van der Waals surface area contributed by atoms with Gasteiger partial charge in [0.05, 0.1) is 12.2 Å². The summed E-state index contributed by atoms with van der Waals surface area (Å²) in [6.45, 7) is 2.03. The molecule has 0 radical (unpaired) electrons. The number of aromatic nitrogens is 1. The Kier molecular flexibility index (Phi) is 5.21. The maximum absolute atomic E-state index is 12.1. The van der Waals surface area contributed by atoms with Gasteiger partial charge in [-0.15, -0.1) is 0 Å². The highest BCUT2D eigenvalue weighted by molar-refractivity contribution is 5.98. The average molecular weight is 299 g/mol. The molecule has 1 aromatic heterocycles. The van der Waals surface area contributed by atoms with Crippen molar-refractivity contribution < 1.29 is 14.3 Å². The van der Waals surface area contributed by atoms with Gasteiger partial charge >= 0.3 is 5.97 Å². The molecule has 3 N–H and O–H groups in total. The van der Waals surface area contributed by atoms with Gasteiger partial charge in [0.1, 0.15) is 0 Å². The number of Topliss-reactive ketones (excluding diaryl/α,β-unsaturated/α-hetero) is 1. The van der Waals surface area contributed by atoms with Gasteiger partial charge in [0.15, 0.2) is 11.5 Å². The number of benzene rings is 1. The molecule has 0 bridgehead atoms. The van der Waals surface area contributed by atoms with Crippen molar-refractivity contribution in [3.05, 3.63) is 53.9 Å². The lowest BCUT2D eigenvalue weighted by Crippen LogP contribution is -2.22. The summed E-state index contributed by atoms with van der Waals surface area (Å²) in [4.78, 5) is 27.0. The van der Waals surface area contributed by atoms with E-state index in [0.717, 1.165) is 5.56 Å². The summed E-state index contributed by atoms with van der Waals surface area (Å²) in [7, 11) is 0. The molecule has 1 aromatic carbocycles. The SMILES string of the molecule is CC(=O)Oc1ccc(C(=O)CNCc2cccnc2)cc1N. The molecule has 0 unspecified atom stereocenters. The van der Waals surface area contributed by atoms with Crippen molar-refractivity contribution in [1.82, 2.24) is 10.3 Å². The first kappa shape index (κ1) is 15.7.